The summed E-state index contributed by atoms with van der Waals surface area (Å²) in [5.74, 6) is -0.0901. The Kier molecular flexibility index (Phi) is 5.59. The number of nitrogens with two attached hydrogens (primary N) is 1. The fraction of sp³-hybridized carbons (Fsp3) is 0.500. The van der Waals surface area contributed by atoms with E-state index < -0.39 is 6.04 Å². The van der Waals surface area contributed by atoms with E-state index in [-0.39, 0.29) is 5.91 Å². The second-order valence-corrected chi connectivity index (χ2v) is 3.86. The first-order valence-corrected chi connectivity index (χ1v) is 5.58. The summed E-state index contributed by atoms with van der Waals surface area (Å²) in [6.07, 6.45) is 1.71. The Morgan fingerprint density at radius 2 is 2.35 bits per heavy atom. The van der Waals surface area contributed by atoms with E-state index in [1.807, 2.05) is 18.2 Å². The maximum atomic E-state index is 11.9. The van der Waals surface area contributed by atoms with Gasteiger partial charge in [-0.05, 0) is 19.1 Å². The standard InChI is InChI=1S/C12H19N3O2/c1-10(13)12(16)15(7-8-17-2)9-11-5-3-4-6-14-11/h3-6,10H,7-9,13H2,1-2H3/t10-/m0/s1. The molecule has 0 spiro atoms. The summed E-state index contributed by atoms with van der Waals surface area (Å²) >= 11 is 0. The number of methoxy groups -OCH3 is 1. The quantitative estimate of drug-likeness (QED) is 0.777. The molecule has 1 amide bonds. The van der Waals surface area contributed by atoms with Crippen molar-refractivity contribution in [3.63, 3.8) is 0 Å². The molecule has 0 aliphatic rings. The molecule has 0 fully saturated rings. The topological polar surface area (TPSA) is 68.5 Å². The van der Waals surface area contributed by atoms with Crippen molar-refractivity contribution >= 4 is 5.91 Å². The first kappa shape index (κ1) is 13.6. The molecule has 0 aliphatic heterocycles. The summed E-state index contributed by atoms with van der Waals surface area (Å²) in [6.45, 7) is 3.16. The van der Waals surface area contributed by atoms with Crippen LogP contribution < -0.4 is 5.73 Å². The largest absolute Gasteiger partial charge is 0.383 e. The van der Waals surface area contributed by atoms with Crippen molar-refractivity contribution in [2.45, 2.75) is 19.5 Å². The van der Waals surface area contributed by atoms with E-state index in [2.05, 4.69) is 4.98 Å². The van der Waals surface area contributed by atoms with Crippen molar-refractivity contribution in [2.75, 3.05) is 20.3 Å². The highest BCUT2D eigenvalue weighted by molar-refractivity contribution is 5.81. The summed E-state index contributed by atoms with van der Waals surface area (Å²) in [5.41, 5.74) is 6.45. The Labute approximate surface area is 102 Å². The minimum atomic E-state index is -0.504. The molecule has 5 heteroatoms. The van der Waals surface area contributed by atoms with Gasteiger partial charge in [0.1, 0.15) is 0 Å². The van der Waals surface area contributed by atoms with Crippen LogP contribution in [-0.4, -0.2) is 42.1 Å². The Hall–Kier alpha value is -1.46. The van der Waals surface area contributed by atoms with Gasteiger partial charge in [-0.3, -0.25) is 9.78 Å². The van der Waals surface area contributed by atoms with Crippen LogP contribution in [0.4, 0.5) is 0 Å². The summed E-state index contributed by atoms with van der Waals surface area (Å²) < 4.78 is 4.98. The van der Waals surface area contributed by atoms with Gasteiger partial charge in [-0.25, -0.2) is 0 Å². The summed E-state index contributed by atoms with van der Waals surface area (Å²) in [4.78, 5) is 17.7. The molecule has 94 valence electrons. The molecule has 0 bridgehead atoms. The SMILES string of the molecule is COCCN(Cc1ccccn1)C(=O)[C@H](C)N. The lowest BCUT2D eigenvalue weighted by Crippen LogP contribution is -2.43. The third kappa shape index (κ3) is 4.50. The highest BCUT2D eigenvalue weighted by atomic mass is 16.5. The first-order chi connectivity index (χ1) is 8.15. The average Bonchev–Trinajstić information content (AvgIpc) is 2.34. The third-order valence-electron chi connectivity index (χ3n) is 2.35. The van der Waals surface area contributed by atoms with Gasteiger partial charge in [0.05, 0.1) is 24.9 Å². The maximum absolute atomic E-state index is 11.9. The van der Waals surface area contributed by atoms with Crippen molar-refractivity contribution in [2.24, 2.45) is 5.73 Å². The van der Waals surface area contributed by atoms with Gasteiger partial charge in [0.2, 0.25) is 5.91 Å². The minimum Gasteiger partial charge on any atom is -0.383 e. The molecule has 0 saturated carbocycles. The molecule has 0 saturated heterocycles. The van der Waals surface area contributed by atoms with Gasteiger partial charge in [-0.2, -0.15) is 0 Å². The molecule has 1 heterocycles. The molecule has 0 aliphatic carbocycles. The van der Waals surface area contributed by atoms with Gasteiger partial charge in [0.25, 0.3) is 0 Å². The predicted octanol–water partition coefficient (Wildman–Crippen LogP) is 0.404. The van der Waals surface area contributed by atoms with Crippen molar-refractivity contribution < 1.29 is 9.53 Å². The van der Waals surface area contributed by atoms with Gasteiger partial charge in [0, 0.05) is 19.9 Å². The lowest BCUT2D eigenvalue weighted by Gasteiger charge is -2.23. The number of amides is 1. The van der Waals surface area contributed by atoms with E-state index in [1.54, 1.807) is 25.1 Å². The number of rotatable bonds is 6. The van der Waals surface area contributed by atoms with Crippen molar-refractivity contribution in [3.8, 4) is 0 Å². The van der Waals surface area contributed by atoms with E-state index in [9.17, 15) is 4.79 Å². The molecule has 1 aromatic rings. The minimum absolute atomic E-state index is 0.0901. The summed E-state index contributed by atoms with van der Waals surface area (Å²) in [5, 5.41) is 0. The van der Waals surface area contributed by atoms with Crippen LogP contribution in [0.1, 0.15) is 12.6 Å². The smallest absolute Gasteiger partial charge is 0.239 e. The molecule has 1 rings (SSSR count). The van der Waals surface area contributed by atoms with Gasteiger partial charge < -0.3 is 15.4 Å². The molecule has 0 unspecified atom stereocenters. The Morgan fingerprint density at radius 3 is 2.88 bits per heavy atom. The van der Waals surface area contributed by atoms with Crippen LogP contribution in [0.2, 0.25) is 0 Å². The van der Waals surface area contributed by atoms with Crippen LogP contribution in [0.25, 0.3) is 0 Å². The number of hydrogen-bond acceptors (Lipinski definition) is 4. The van der Waals surface area contributed by atoms with Crippen LogP contribution >= 0.6 is 0 Å². The number of nitrogens with zero attached hydrogens (tertiary/aromatic N) is 2. The molecule has 5 nitrogen and oxygen atoms in total. The molecule has 1 aromatic heterocycles. The normalized spacial score (nSPS) is 12.2. The van der Waals surface area contributed by atoms with Gasteiger partial charge >= 0.3 is 0 Å². The van der Waals surface area contributed by atoms with E-state index in [1.165, 1.54) is 0 Å². The predicted molar refractivity (Wildman–Crippen MR) is 65.2 cm³/mol. The highest BCUT2D eigenvalue weighted by Gasteiger charge is 2.17. The number of carbonyl (C=O) groups excluding carboxylic acids is 1. The molecular formula is C12H19N3O2. The van der Waals surface area contributed by atoms with Crippen LogP contribution in [0, 0.1) is 0 Å². The van der Waals surface area contributed by atoms with Crippen LogP contribution in [0.3, 0.4) is 0 Å². The second kappa shape index (κ2) is 6.98. The molecule has 0 radical (unpaired) electrons. The molecule has 2 N–H and O–H groups in total. The lowest BCUT2D eigenvalue weighted by molar-refractivity contribution is -0.133. The zero-order valence-electron chi connectivity index (χ0n) is 10.3. The number of aromatic nitrogens is 1. The first-order valence-electron chi connectivity index (χ1n) is 5.58. The van der Waals surface area contributed by atoms with E-state index in [0.717, 1.165) is 5.69 Å². The van der Waals surface area contributed by atoms with E-state index in [0.29, 0.717) is 19.7 Å². The van der Waals surface area contributed by atoms with Crippen molar-refractivity contribution in [1.82, 2.24) is 9.88 Å². The van der Waals surface area contributed by atoms with Gasteiger partial charge in [-0.1, -0.05) is 6.07 Å². The zero-order valence-corrected chi connectivity index (χ0v) is 10.3. The zero-order chi connectivity index (χ0) is 12.7. The summed E-state index contributed by atoms with van der Waals surface area (Å²) in [7, 11) is 1.61. The van der Waals surface area contributed by atoms with Gasteiger partial charge in [0.15, 0.2) is 0 Å². The average molecular weight is 237 g/mol. The monoisotopic (exact) mass is 237 g/mol. The fourth-order valence-corrected chi connectivity index (χ4v) is 1.44. The Bertz CT molecular complexity index is 341. The molecule has 1 atom stereocenters. The van der Waals surface area contributed by atoms with E-state index in [4.69, 9.17) is 10.5 Å². The molecule has 17 heavy (non-hydrogen) atoms. The van der Waals surface area contributed by atoms with Crippen molar-refractivity contribution in [3.05, 3.63) is 30.1 Å². The maximum Gasteiger partial charge on any atom is 0.239 e. The third-order valence-corrected chi connectivity index (χ3v) is 2.35. The molecule has 0 aromatic carbocycles. The second-order valence-electron chi connectivity index (χ2n) is 3.86. The number of ether oxygens (including phenoxy) is 1. The van der Waals surface area contributed by atoms with Crippen molar-refractivity contribution in [1.29, 1.82) is 0 Å². The number of hydrogen-bond donors (Lipinski definition) is 1. The number of carbonyl (C=O) groups is 1. The van der Waals surface area contributed by atoms with E-state index >= 15 is 0 Å². The lowest BCUT2D eigenvalue weighted by atomic mass is 10.2. The Morgan fingerprint density at radius 1 is 1.59 bits per heavy atom. The van der Waals surface area contributed by atoms with Crippen LogP contribution in [0.5, 0.6) is 0 Å². The van der Waals surface area contributed by atoms with Crippen LogP contribution in [0.15, 0.2) is 24.4 Å². The highest BCUT2D eigenvalue weighted by Crippen LogP contribution is 2.03. The molecular weight excluding hydrogens is 218 g/mol. The van der Waals surface area contributed by atoms with Gasteiger partial charge in [-0.15, -0.1) is 0 Å². The fourth-order valence-electron chi connectivity index (χ4n) is 1.44. The summed E-state index contributed by atoms with van der Waals surface area (Å²) in [6, 6.07) is 5.12. The number of pyridine rings is 1. The Balaban J connectivity index is 2.66. The van der Waals surface area contributed by atoms with Crippen LogP contribution in [-0.2, 0) is 16.1 Å².